The monoisotopic (exact) mass is 513 g/mol. The average molecular weight is 514 g/mol. The number of ether oxygens (including phenoxy) is 1. The zero-order valence-electron chi connectivity index (χ0n) is 19.4. The number of aryl methyl sites for hydroxylation is 2. The number of unbranched alkanes of at least 4 members (excludes halogenated alkanes) is 4. The number of pyridine rings is 1. The molecular weight excluding hydrogens is 482 g/mol. The van der Waals surface area contributed by atoms with Crippen molar-refractivity contribution in [1.29, 1.82) is 0 Å². The topological polar surface area (TPSA) is 68.5 Å². The Kier molecular flexibility index (Phi) is 9.12. The van der Waals surface area contributed by atoms with E-state index in [9.17, 15) is 14.7 Å². The normalized spacial score (nSPS) is 11.1. The summed E-state index contributed by atoms with van der Waals surface area (Å²) in [4.78, 5) is 24.6. The van der Waals surface area contributed by atoms with Crippen molar-refractivity contribution in [3.05, 3.63) is 69.5 Å². The summed E-state index contributed by atoms with van der Waals surface area (Å²) in [5, 5.41) is 11.1. The molecule has 0 saturated carbocycles. The number of halogens is 1. The molecule has 0 amide bonds. The summed E-state index contributed by atoms with van der Waals surface area (Å²) in [5.41, 5.74) is 3.12. The third-order valence-corrected chi connectivity index (χ3v) is 6.45. The summed E-state index contributed by atoms with van der Waals surface area (Å²) in [5.74, 6) is -0.542. The lowest BCUT2D eigenvalue weighted by Gasteiger charge is -2.16. The second-order valence-corrected chi connectivity index (χ2v) is 9.04. The predicted octanol–water partition coefficient (Wildman–Crippen LogP) is 6.54. The van der Waals surface area contributed by atoms with E-state index in [2.05, 4.69) is 48.0 Å². The molecule has 176 valence electrons. The largest absolute Gasteiger partial charge is 0.494 e. The molecule has 0 unspecified atom stereocenters. The van der Waals surface area contributed by atoms with E-state index in [0.29, 0.717) is 23.3 Å². The molecule has 2 aromatic carbocycles. The molecule has 6 heteroatoms. The van der Waals surface area contributed by atoms with Gasteiger partial charge in [0.15, 0.2) is 0 Å². The number of carbonyl (C=O) groups is 1. The summed E-state index contributed by atoms with van der Waals surface area (Å²) in [6.07, 6.45) is 8.88. The van der Waals surface area contributed by atoms with Gasteiger partial charge in [-0.05, 0) is 61.1 Å². The van der Waals surface area contributed by atoms with Crippen LogP contribution in [0.5, 0.6) is 5.75 Å². The fraction of sp³-hybridized carbons (Fsp3) is 0.407. The van der Waals surface area contributed by atoms with Crippen molar-refractivity contribution >= 4 is 32.8 Å². The van der Waals surface area contributed by atoms with E-state index >= 15 is 0 Å². The van der Waals surface area contributed by atoms with Crippen LogP contribution in [-0.2, 0) is 12.8 Å². The first-order valence-electron chi connectivity index (χ1n) is 11.7. The number of aromatic nitrogens is 1. The maximum Gasteiger partial charge on any atom is 0.341 e. The van der Waals surface area contributed by atoms with Crippen LogP contribution in [0.2, 0.25) is 0 Å². The molecule has 0 bridgehead atoms. The molecule has 0 aliphatic carbocycles. The minimum atomic E-state index is -1.22. The van der Waals surface area contributed by atoms with E-state index in [1.165, 1.54) is 36.6 Å². The molecule has 3 aromatic rings. The molecule has 0 spiro atoms. The van der Waals surface area contributed by atoms with Gasteiger partial charge in [-0.25, -0.2) is 4.79 Å². The van der Waals surface area contributed by atoms with Gasteiger partial charge in [-0.1, -0.05) is 55.1 Å². The molecule has 1 N–H and O–H groups in total. The van der Waals surface area contributed by atoms with Crippen molar-refractivity contribution in [3.8, 4) is 11.4 Å². The Morgan fingerprint density at radius 1 is 0.970 bits per heavy atom. The predicted molar refractivity (Wildman–Crippen MR) is 138 cm³/mol. The highest BCUT2D eigenvalue weighted by atomic mass is 79.9. The summed E-state index contributed by atoms with van der Waals surface area (Å²) in [6.45, 7) is 4.80. The molecule has 5 nitrogen and oxygen atoms in total. The van der Waals surface area contributed by atoms with Crippen LogP contribution in [0.15, 0.2) is 47.4 Å². The summed E-state index contributed by atoms with van der Waals surface area (Å²) in [7, 11) is 0. The smallest absolute Gasteiger partial charge is 0.341 e. The van der Waals surface area contributed by atoms with Crippen molar-refractivity contribution < 1.29 is 14.6 Å². The minimum absolute atomic E-state index is 0.236. The Morgan fingerprint density at radius 2 is 1.64 bits per heavy atom. The maximum absolute atomic E-state index is 12.9. The van der Waals surface area contributed by atoms with Gasteiger partial charge in [0, 0.05) is 28.7 Å². The molecule has 0 aliphatic rings. The zero-order chi connectivity index (χ0) is 23.8. The molecule has 0 aliphatic heterocycles. The summed E-state index contributed by atoms with van der Waals surface area (Å²) in [6, 6.07) is 11.5. The van der Waals surface area contributed by atoms with Gasteiger partial charge in [0.2, 0.25) is 5.43 Å². The lowest BCUT2D eigenvalue weighted by molar-refractivity contribution is 0.0695. The number of carboxylic acid groups (broad SMARTS) is 1. The number of benzene rings is 2. The average Bonchev–Trinajstić information content (AvgIpc) is 2.83. The first-order valence-corrected chi connectivity index (χ1v) is 12.8. The van der Waals surface area contributed by atoms with Gasteiger partial charge >= 0.3 is 5.97 Å². The van der Waals surface area contributed by atoms with Crippen LogP contribution in [0.4, 0.5) is 0 Å². The highest BCUT2D eigenvalue weighted by Gasteiger charge is 2.16. The van der Waals surface area contributed by atoms with Gasteiger partial charge in [-0.2, -0.15) is 0 Å². The number of carboxylic acids is 1. The van der Waals surface area contributed by atoms with Crippen LogP contribution >= 0.6 is 15.9 Å². The SMILES string of the molecule is CCc1cc(CC)cc(-n2cc(C(=O)O)c(=O)c3ccc(OCCCCCCCBr)cc32)c1. The Hall–Kier alpha value is -2.60. The van der Waals surface area contributed by atoms with Gasteiger partial charge < -0.3 is 14.4 Å². The van der Waals surface area contributed by atoms with E-state index in [0.717, 1.165) is 36.7 Å². The number of alkyl halides is 1. The molecule has 0 saturated heterocycles. The molecular formula is C27H32BrNO4. The van der Waals surface area contributed by atoms with Crippen LogP contribution in [0, 0.1) is 0 Å². The number of fused-ring (bicyclic) bond motifs is 1. The van der Waals surface area contributed by atoms with Crippen LogP contribution in [-0.4, -0.2) is 27.6 Å². The number of aromatic carboxylic acids is 1. The Labute approximate surface area is 203 Å². The second-order valence-electron chi connectivity index (χ2n) is 8.25. The molecule has 3 rings (SSSR count). The molecule has 1 aromatic heterocycles. The Balaban J connectivity index is 1.99. The third-order valence-electron chi connectivity index (χ3n) is 5.89. The van der Waals surface area contributed by atoms with Gasteiger partial charge in [0.1, 0.15) is 11.3 Å². The lowest BCUT2D eigenvalue weighted by Crippen LogP contribution is -2.18. The van der Waals surface area contributed by atoms with Gasteiger partial charge in [0.25, 0.3) is 0 Å². The van der Waals surface area contributed by atoms with E-state index < -0.39 is 11.4 Å². The maximum atomic E-state index is 12.9. The van der Waals surface area contributed by atoms with Gasteiger partial charge in [-0.15, -0.1) is 0 Å². The number of rotatable bonds is 12. The van der Waals surface area contributed by atoms with Crippen LogP contribution < -0.4 is 10.2 Å². The van der Waals surface area contributed by atoms with E-state index in [-0.39, 0.29) is 5.56 Å². The Bertz CT molecular complexity index is 1150. The molecule has 0 atom stereocenters. The molecule has 0 fully saturated rings. The van der Waals surface area contributed by atoms with Crippen LogP contribution in [0.1, 0.15) is 67.4 Å². The van der Waals surface area contributed by atoms with Crippen molar-refractivity contribution in [2.24, 2.45) is 0 Å². The van der Waals surface area contributed by atoms with Crippen molar-refractivity contribution in [2.45, 2.75) is 58.8 Å². The minimum Gasteiger partial charge on any atom is -0.494 e. The van der Waals surface area contributed by atoms with Crippen molar-refractivity contribution in [1.82, 2.24) is 4.57 Å². The molecule has 1 heterocycles. The lowest BCUT2D eigenvalue weighted by atomic mass is 10.0. The number of hydrogen-bond acceptors (Lipinski definition) is 3. The van der Waals surface area contributed by atoms with E-state index in [4.69, 9.17) is 4.74 Å². The van der Waals surface area contributed by atoms with E-state index in [1.807, 2.05) is 10.6 Å². The first-order chi connectivity index (χ1) is 16.0. The molecule has 33 heavy (non-hydrogen) atoms. The summed E-state index contributed by atoms with van der Waals surface area (Å²) >= 11 is 3.46. The third kappa shape index (κ3) is 6.26. The number of nitrogens with zero attached hydrogens (tertiary/aromatic N) is 1. The van der Waals surface area contributed by atoms with Crippen molar-refractivity contribution in [3.63, 3.8) is 0 Å². The fourth-order valence-corrected chi connectivity index (χ4v) is 4.36. The standard InChI is InChI=1S/C27H32BrNO4/c1-3-19-14-20(4-2)16-21(15-19)29-18-24(27(31)32)26(30)23-11-10-22(17-25(23)29)33-13-9-7-5-6-8-12-28/h10-11,14-18H,3-9,12-13H2,1-2H3,(H,31,32). The summed E-state index contributed by atoms with van der Waals surface area (Å²) < 4.78 is 7.79. The van der Waals surface area contributed by atoms with E-state index in [1.54, 1.807) is 12.1 Å². The first kappa shape index (κ1) is 25.0. The second kappa shape index (κ2) is 12.0. The highest BCUT2D eigenvalue weighted by molar-refractivity contribution is 9.09. The quantitative estimate of drug-likeness (QED) is 0.220. The zero-order valence-corrected chi connectivity index (χ0v) is 21.0. The Morgan fingerprint density at radius 3 is 2.27 bits per heavy atom. The van der Waals surface area contributed by atoms with Crippen molar-refractivity contribution in [2.75, 3.05) is 11.9 Å². The van der Waals surface area contributed by atoms with Crippen LogP contribution in [0.3, 0.4) is 0 Å². The van der Waals surface area contributed by atoms with Gasteiger partial charge in [-0.3, -0.25) is 4.79 Å². The van der Waals surface area contributed by atoms with Crippen LogP contribution in [0.25, 0.3) is 16.6 Å². The fourth-order valence-electron chi connectivity index (χ4n) is 3.97. The molecule has 0 radical (unpaired) electrons. The highest BCUT2D eigenvalue weighted by Crippen LogP contribution is 2.25. The number of hydrogen-bond donors (Lipinski definition) is 1. The van der Waals surface area contributed by atoms with Gasteiger partial charge in [0.05, 0.1) is 12.1 Å².